The highest BCUT2D eigenvalue weighted by atomic mass is 79.9. The second-order valence-corrected chi connectivity index (χ2v) is 4.52. The number of aromatic amines is 1. The van der Waals surface area contributed by atoms with E-state index in [1.54, 1.807) is 0 Å². The monoisotopic (exact) mass is 418 g/mol. The molecule has 0 saturated heterocycles. The Balaban J connectivity index is 0.000001000. The number of benzene rings is 1. The van der Waals surface area contributed by atoms with Gasteiger partial charge in [0.1, 0.15) is 30.5 Å². The molecule has 0 fully saturated rings. The van der Waals surface area contributed by atoms with Crippen LogP contribution in [0.5, 0.6) is 0 Å². The quantitative estimate of drug-likeness (QED) is 0.415. The predicted octanol–water partition coefficient (Wildman–Crippen LogP) is -4.45. The maximum absolute atomic E-state index is 5.88. The first-order valence-electron chi connectivity index (χ1n) is 5.66. The molecule has 1 N–H and O–H groups in total. The largest absolute Gasteiger partial charge is 1.00 e. The fraction of sp³-hybridized carbons (Fsp3) is 0.0769. The highest BCUT2D eigenvalue weighted by Crippen LogP contribution is 2.12. The number of nitrogens with zero attached hydrogens (tertiary/aromatic N) is 3. The average Bonchev–Trinajstić information content (AvgIpc) is 3.02. The average molecular weight is 421 g/mol. The topological polar surface area (TPSA) is 28.5 Å². The van der Waals surface area contributed by atoms with Crippen LogP contribution < -0.4 is 43.1 Å². The Morgan fingerprint density at radius 3 is 2.45 bits per heavy atom. The second kappa shape index (κ2) is 7.61. The maximum atomic E-state index is 5.88. The summed E-state index contributed by atoms with van der Waals surface area (Å²) < 4.78 is 6.22. The van der Waals surface area contributed by atoms with Crippen molar-refractivity contribution in [3.05, 3.63) is 66.7 Å². The number of hydrogen-bond donors (Lipinski definition) is 1. The minimum absolute atomic E-state index is 0. The van der Waals surface area contributed by atoms with Crippen LogP contribution in [-0.2, 0) is 6.67 Å². The molecule has 0 aliphatic carbocycles. The van der Waals surface area contributed by atoms with Gasteiger partial charge in [-0.2, -0.15) is 9.13 Å². The van der Waals surface area contributed by atoms with Crippen LogP contribution in [0.1, 0.15) is 0 Å². The lowest BCUT2D eigenvalue weighted by Crippen LogP contribution is -3.00. The molecule has 2 aromatic heterocycles. The number of nitrogens with one attached hydrogen (secondary N) is 1. The smallest absolute Gasteiger partial charge is 0.252 e. The Bertz CT molecular complexity index is 635. The molecule has 0 amide bonds. The van der Waals surface area contributed by atoms with Gasteiger partial charge in [0, 0.05) is 5.02 Å². The number of H-pyrrole nitrogens is 1. The summed E-state index contributed by atoms with van der Waals surface area (Å²) in [5, 5.41) is 0.752. The number of aromatic nitrogens is 4. The summed E-state index contributed by atoms with van der Waals surface area (Å²) in [6.07, 6.45) is 11.9. The van der Waals surface area contributed by atoms with Crippen LogP contribution in [-0.4, -0.2) is 9.55 Å². The Morgan fingerprint density at radius 1 is 1.05 bits per heavy atom. The van der Waals surface area contributed by atoms with Crippen LogP contribution >= 0.6 is 11.6 Å². The van der Waals surface area contributed by atoms with Gasteiger partial charge in [-0.3, -0.25) is 4.98 Å². The molecule has 0 aliphatic rings. The zero-order valence-electron chi connectivity index (χ0n) is 10.5. The van der Waals surface area contributed by atoms with Gasteiger partial charge >= 0.3 is 0 Å². The Labute approximate surface area is 143 Å². The highest BCUT2D eigenvalue weighted by Gasteiger charge is 2.08. The number of hydrogen-bond acceptors (Lipinski definition) is 0. The van der Waals surface area contributed by atoms with Gasteiger partial charge in [-0.25, -0.2) is 4.57 Å². The lowest BCUT2D eigenvalue weighted by atomic mass is 10.3. The summed E-state index contributed by atoms with van der Waals surface area (Å²) >= 11 is 5.88. The lowest BCUT2D eigenvalue weighted by molar-refractivity contribution is -0.912. The standard InChI is InChI=1S/C13H12ClN4.2BrH/c14-12-1-3-13(4-2-12)18-8-7-17(11-18)10-16-6-5-15-9-16;;/h1-9,11H,10H2;2*1H/q+1;;/p-1. The molecule has 3 rings (SSSR count). The van der Waals surface area contributed by atoms with E-state index in [2.05, 4.69) is 18.7 Å². The van der Waals surface area contributed by atoms with Gasteiger partial charge in [-0.15, -0.1) is 0 Å². The molecular formula is C13H13Br2ClN4. The summed E-state index contributed by atoms with van der Waals surface area (Å²) in [5.41, 5.74) is 1.09. The molecular weight excluding hydrogens is 407 g/mol. The Hall–Kier alpha value is -1.11. The van der Waals surface area contributed by atoms with Crippen molar-refractivity contribution >= 4 is 11.6 Å². The van der Waals surface area contributed by atoms with Gasteiger partial charge in [0.05, 0.1) is 0 Å². The third-order valence-electron chi connectivity index (χ3n) is 2.75. The van der Waals surface area contributed by atoms with Crippen LogP contribution in [0, 0.1) is 0 Å². The van der Waals surface area contributed by atoms with E-state index in [-0.39, 0.29) is 34.0 Å². The third kappa shape index (κ3) is 3.94. The maximum Gasteiger partial charge on any atom is 0.252 e. The van der Waals surface area contributed by atoms with E-state index in [1.165, 1.54) is 0 Å². The molecule has 1 aromatic carbocycles. The second-order valence-electron chi connectivity index (χ2n) is 4.08. The minimum Gasteiger partial charge on any atom is -1.00 e. The molecule has 0 saturated carbocycles. The van der Waals surface area contributed by atoms with E-state index in [4.69, 9.17) is 11.6 Å². The first kappa shape index (κ1) is 16.9. The van der Waals surface area contributed by atoms with E-state index >= 15 is 0 Å². The first-order chi connectivity index (χ1) is 8.81. The molecule has 0 atom stereocenters. The van der Waals surface area contributed by atoms with E-state index in [9.17, 15) is 0 Å². The Morgan fingerprint density at radius 2 is 1.80 bits per heavy atom. The normalized spacial score (nSPS) is 9.65. The van der Waals surface area contributed by atoms with Gasteiger partial charge in [0.15, 0.2) is 0 Å². The van der Waals surface area contributed by atoms with E-state index in [1.807, 2.05) is 61.7 Å². The molecule has 0 spiro atoms. The SMILES string of the molecule is Clc1ccc(-n2cc[n+](C[n+]3cc[nH]c3)c2)cc1.[Br-].[Br-]. The van der Waals surface area contributed by atoms with Crippen molar-refractivity contribution in [2.24, 2.45) is 0 Å². The van der Waals surface area contributed by atoms with Crippen LogP contribution in [0.15, 0.2) is 61.7 Å². The van der Waals surface area contributed by atoms with Gasteiger partial charge in [-0.05, 0) is 24.3 Å². The van der Waals surface area contributed by atoms with Crippen LogP contribution in [0.4, 0.5) is 0 Å². The third-order valence-corrected chi connectivity index (χ3v) is 3.00. The summed E-state index contributed by atoms with van der Waals surface area (Å²) in [6.45, 7) is 0.782. The molecule has 106 valence electrons. The predicted molar refractivity (Wildman–Crippen MR) is 67.4 cm³/mol. The van der Waals surface area contributed by atoms with Crippen molar-refractivity contribution < 1.29 is 43.1 Å². The molecule has 0 radical (unpaired) electrons. The summed E-state index contributed by atoms with van der Waals surface area (Å²) in [5.74, 6) is 0. The minimum atomic E-state index is 0. The van der Waals surface area contributed by atoms with Gasteiger partial charge in [0.25, 0.3) is 6.33 Å². The van der Waals surface area contributed by atoms with E-state index in [0.29, 0.717) is 0 Å². The Kier molecular flexibility index (Phi) is 6.45. The fourth-order valence-electron chi connectivity index (χ4n) is 1.84. The molecule has 7 heteroatoms. The number of imidazole rings is 2. The van der Waals surface area contributed by atoms with Crippen molar-refractivity contribution in [1.82, 2.24) is 9.55 Å². The summed E-state index contributed by atoms with van der Waals surface area (Å²) in [6, 6.07) is 7.77. The fourth-order valence-corrected chi connectivity index (χ4v) is 1.97. The molecule has 2 heterocycles. The highest BCUT2D eigenvalue weighted by molar-refractivity contribution is 6.30. The van der Waals surface area contributed by atoms with Crippen molar-refractivity contribution in [2.45, 2.75) is 6.67 Å². The number of rotatable bonds is 3. The van der Waals surface area contributed by atoms with E-state index < -0.39 is 0 Å². The molecule has 0 bridgehead atoms. The zero-order valence-corrected chi connectivity index (χ0v) is 14.4. The molecule has 20 heavy (non-hydrogen) atoms. The van der Waals surface area contributed by atoms with Crippen LogP contribution in [0.25, 0.3) is 5.69 Å². The van der Waals surface area contributed by atoms with Crippen LogP contribution in [0.3, 0.4) is 0 Å². The van der Waals surface area contributed by atoms with Gasteiger partial charge < -0.3 is 34.0 Å². The molecule has 4 nitrogen and oxygen atoms in total. The van der Waals surface area contributed by atoms with Crippen molar-refractivity contribution in [3.63, 3.8) is 0 Å². The molecule has 3 aromatic rings. The molecule has 0 aliphatic heterocycles. The summed E-state index contributed by atoms with van der Waals surface area (Å²) in [7, 11) is 0. The van der Waals surface area contributed by atoms with Crippen molar-refractivity contribution in [3.8, 4) is 5.69 Å². The summed E-state index contributed by atoms with van der Waals surface area (Å²) in [4.78, 5) is 3.02. The zero-order chi connectivity index (χ0) is 12.4. The van der Waals surface area contributed by atoms with E-state index in [0.717, 1.165) is 17.4 Å². The lowest BCUT2D eigenvalue weighted by Gasteiger charge is -1.95. The van der Waals surface area contributed by atoms with Crippen molar-refractivity contribution in [1.29, 1.82) is 0 Å². The van der Waals surface area contributed by atoms with Gasteiger partial charge in [0.2, 0.25) is 13.0 Å². The molecule has 0 unspecified atom stereocenters. The number of halogens is 3. The van der Waals surface area contributed by atoms with Crippen LogP contribution in [0.2, 0.25) is 5.02 Å². The van der Waals surface area contributed by atoms with Gasteiger partial charge in [-0.1, -0.05) is 11.6 Å². The van der Waals surface area contributed by atoms with Crippen molar-refractivity contribution in [2.75, 3.05) is 0 Å². The first-order valence-corrected chi connectivity index (χ1v) is 6.04.